The number of rotatable bonds is 4. The van der Waals surface area contributed by atoms with Crippen LogP contribution >= 0.6 is 12.2 Å². The maximum absolute atomic E-state index is 12.0. The molecule has 4 nitrogen and oxygen atoms in total. The van der Waals surface area contributed by atoms with E-state index in [4.69, 9.17) is 17.0 Å². The lowest BCUT2D eigenvalue weighted by Gasteiger charge is -2.17. The molecule has 0 radical (unpaired) electrons. The standard InChI is InChI=1S/C16H16N2O2S/c1-18(14-10-6-3-7-11-14)15(19)12-20-16(21)17-13-8-4-2-5-9-13/h2-11H,12H2,1H3,(H,17,21). The highest BCUT2D eigenvalue weighted by molar-refractivity contribution is 7.80. The van der Waals surface area contributed by atoms with Gasteiger partial charge < -0.3 is 15.0 Å². The van der Waals surface area contributed by atoms with Crippen molar-refractivity contribution in [2.75, 3.05) is 23.9 Å². The van der Waals surface area contributed by atoms with Crippen molar-refractivity contribution in [3.05, 3.63) is 60.7 Å². The molecule has 2 aromatic carbocycles. The lowest BCUT2D eigenvalue weighted by Crippen LogP contribution is -2.31. The third-order valence-electron chi connectivity index (χ3n) is 2.86. The van der Waals surface area contributed by atoms with Crippen LogP contribution in [0.15, 0.2) is 60.7 Å². The second-order valence-corrected chi connectivity index (χ2v) is 4.73. The zero-order valence-electron chi connectivity index (χ0n) is 11.7. The van der Waals surface area contributed by atoms with Crippen LogP contribution in [0.2, 0.25) is 0 Å². The van der Waals surface area contributed by atoms with Gasteiger partial charge in [0.2, 0.25) is 0 Å². The molecule has 0 atom stereocenters. The van der Waals surface area contributed by atoms with E-state index in [-0.39, 0.29) is 17.7 Å². The van der Waals surface area contributed by atoms with Crippen molar-refractivity contribution in [3.63, 3.8) is 0 Å². The fraction of sp³-hybridized carbons (Fsp3) is 0.125. The summed E-state index contributed by atoms with van der Waals surface area (Å²) >= 11 is 5.05. The van der Waals surface area contributed by atoms with Gasteiger partial charge in [-0.1, -0.05) is 36.4 Å². The molecule has 0 aromatic heterocycles. The highest BCUT2D eigenvalue weighted by Crippen LogP contribution is 2.11. The summed E-state index contributed by atoms with van der Waals surface area (Å²) in [7, 11) is 1.70. The van der Waals surface area contributed by atoms with E-state index in [1.165, 1.54) is 4.90 Å². The van der Waals surface area contributed by atoms with Gasteiger partial charge >= 0.3 is 0 Å². The molecule has 0 aliphatic heterocycles. The van der Waals surface area contributed by atoms with Gasteiger partial charge in [0.1, 0.15) is 0 Å². The summed E-state index contributed by atoms with van der Waals surface area (Å²) in [6, 6.07) is 18.8. The number of nitrogens with zero attached hydrogens (tertiary/aromatic N) is 1. The van der Waals surface area contributed by atoms with Crippen molar-refractivity contribution in [2.24, 2.45) is 0 Å². The van der Waals surface area contributed by atoms with Crippen molar-refractivity contribution in [2.45, 2.75) is 0 Å². The van der Waals surface area contributed by atoms with Crippen LogP contribution < -0.4 is 10.2 Å². The Morgan fingerprint density at radius 1 is 1.10 bits per heavy atom. The van der Waals surface area contributed by atoms with Crippen LogP contribution in [0.5, 0.6) is 0 Å². The maximum atomic E-state index is 12.0. The summed E-state index contributed by atoms with van der Waals surface area (Å²) in [5.74, 6) is -0.168. The molecule has 0 aliphatic rings. The Balaban J connectivity index is 1.82. The molecule has 0 aliphatic carbocycles. The molecule has 0 saturated heterocycles. The molecule has 21 heavy (non-hydrogen) atoms. The number of hydrogen-bond acceptors (Lipinski definition) is 3. The average Bonchev–Trinajstić information content (AvgIpc) is 2.53. The van der Waals surface area contributed by atoms with Crippen LogP contribution in [0.1, 0.15) is 0 Å². The molecule has 0 unspecified atom stereocenters. The molecule has 108 valence electrons. The zero-order valence-corrected chi connectivity index (χ0v) is 12.5. The summed E-state index contributed by atoms with van der Waals surface area (Å²) in [6.07, 6.45) is 0. The fourth-order valence-corrected chi connectivity index (χ4v) is 1.87. The van der Waals surface area contributed by atoms with Crippen molar-refractivity contribution in [3.8, 4) is 0 Å². The fourth-order valence-electron chi connectivity index (χ4n) is 1.70. The summed E-state index contributed by atoms with van der Waals surface area (Å²) in [5.41, 5.74) is 1.64. The Labute approximate surface area is 129 Å². The topological polar surface area (TPSA) is 41.6 Å². The Morgan fingerprint density at radius 3 is 2.29 bits per heavy atom. The molecular formula is C16H16N2O2S. The van der Waals surface area contributed by atoms with Crippen LogP contribution in [0, 0.1) is 0 Å². The number of amides is 1. The first-order valence-electron chi connectivity index (χ1n) is 6.47. The van der Waals surface area contributed by atoms with Crippen molar-refractivity contribution >= 4 is 34.7 Å². The monoisotopic (exact) mass is 300 g/mol. The maximum Gasteiger partial charge on any atom is 0.264 e. The van der Waals surface area contributed by atoms with Gasteiger partial charge in [-0.2, -0.15) is 0 Å². The highest BCUT2D eigenvalue weighted by atomic mass is 32.1. The van der Waals surface area contributed by atoms with E-state index < -0.39 is 0 Å². The largest absolute Gasteiger partial charge is 0.461 e. The van der Waals surface area contributed by atoms with E-state index in [2.05, 4.69) is 5.32 Å². The van der Waals surface area contributed by atoms with Crippen LogP contribution in [0.25, 0.3) is 0 Å². The van der Waals surface area contributed by atoms with E-state index >= 15 is 0 Å². The number of benzene rings is 2. The van der Waals surface area contributed by atoms with Gasteiger partial charge in [-0.3, -0.25) is 4.79 Å². The second kappa shape index (κ2) is 7.40. The number of hydrogen-bond donors (Lipinski definition) is 1. The predicted molar refractivity (Wildman–Crippen MR) is 88.5 cm³/mol. The van der Waals surface area contributed by atoms with Crippen molar-refractivity contribution in [1.29, 1.82) is 0 Å². The van der Waals surface area contributed by atoms with Crippen molar-refractivity contribution in [1.82, 2.24) is 0 Å². The van der Waals surface area contributed by atoms with Gasteiger partial charge in [0, 0.05) is 18.4 Å². The molecule has 0 spiro atoms. The van der Waals surface area contributed by atoms with Gasteiger partial charge in [-0.05, 0) is 36.5 Å². The SMILES string of the molecule is CN(C(=O)COC(=S)Nc1ccccc1)c1ccccc1. The van der Waals surface area contributed by atoms with Crippen LogP contribution in [-0.4, -0.2) is 24.7 Å². The minimum absolute atomic E-state index is 0.107. The molecular weight excluding hydrogens is 284 g/mol. The molecule has 2 rings (SSSR count). The Bertz CT molecular complexity index is 602. The number of anilines is 2. The summed E-state index contributed by atoms with van der Waals surface area (Å²) in [6.45, 7) is -0.107. The Hall–Kier alpha value is -2.40. The average molecular weight is 300 g/mol. The lowest BCUT2D eigenvalue weighted by molar-refractivity contribution is -0.120. The number of carbonyl (C=O) groups excluding carboxylic acids is 1. The molecule has 0 fully saturated rings. The third kappa shape index (κ3) is 4.57. The van der Waals surface area contributed by atoms with E-state index in [1.807, 2.05) is 60.7 Å². The normalized spacial score (nSPS) is 9.76. The molecule has 1 N–H and O–H groups in total. The highest BCUT2D eigenvalue weighted by Gasteiger charge is 2.12. The molecule has 1 amide bonds. The van der Waals surface area contributed by atoms with Gasteiger partial charge in [0.15, 0.2) is 6.61 Å². The Kier molecular flexibility index (Phi) is 5.29. The first-order chi connectivity index (χ1) is 10.2. The van der Waals surface area contributed by atoms with Gasteiger partial charge in [-0.25, -0.2) is 0 Å². The third-order valence-corrected chi connectivity index (χ3v) is 3.08. The van der Waals surface area contributed by atoms with Crippen molar-refractivity contribution < 1.29 is 9.53 Å². The predicted octanol–water partition coefficient (Wildman–Crippen LogP) is 3.06. The molecule has 0 heterocycles. The number of ether oxygens (including phenoxy) is 1. The lowest BCUT2D eigenvalue weighted by atomic mass is 10.3. The minimum Gasteiger partial charge on any atom is -0.461 e. The quantitative estimate of drug-likeness (QED) is 0.881. The summed E-state index contributed by atoms with van der Waals surface area (Å²) in [4.78, 5) is 13.5. The number of carbonyl (C=O) groups is 1. The van der Waals surface area contributed by atoms with Gasteiger partial charge in [0.25, 0.3) is 11.1 Å². The van der Waals surface area contributed by atoms with Crippen LogP contribution in [0.4, 0.5) is 11.4 Å². The second-order valence-electron chi connectivity index (χ2n) is 4.36. The number of para-hydroxylation sites is 2. The zero-order chi connectivity index (χ0) is 15.1. The number of nitrogens with one attached hydrogen (secondary N) is 1. The van der Waals surface area contributed by atoms with E-state index in [0.717, 1.165) is 11.4 Å². The molecule has 0 saturated carbocycles. The van der Waals surface area contributed by atoms with E-state index in [0.29, 0.717) is 0 Å². The first kappa shape index (κ1) is 15.0. The number of thiocarbonyl (C=S) groups is 1. The minimum atomic E-state index is -0.168. The van der Waals surface area contributed by atoms with E-state index in [1.54, 1.807) is 7.05 Å². The molecule has 5 heteroatoms. The molecule has 2 aromatic rings. The Morgan fingerprint density at radius 2 is 1.67 bits per heavy atom. The van der Waals surface area contributed by atoms with E-state index in [9.17, 15) is 4.79 Å². The van der Waals surface area contributed by atoms with Crippen LogP contribution in [0.3, 0.4) is 0 Å². The van der Waals surface area contributed by atoms with Crippen LogP contribution in [-0.2, 0) is 9.53 Å². The first-order valence-corrected chi connectivity index (χ1v) is 6.88. The smallest absolute Gasteiger partial charge is 0.264 e. The van der Waals surface area contributed by atoms with Gasteiger partial charge in [-0.15, -0.1) is 0 Å². The summed E-state index contributed by atoms with van der Waals surface area (Å²) in [5, 5.41) is 3.09. The number of likely N-dealkylation sites (N-methyl/N-ethyl adjacent to an activating group) is 1. The van der Waals surface area contributed by atoms with Gasteiger partial charge in [0.05, 0.1) is 0 Å². The molecule has 0 bridgehead atoms. The summed E-state index contributed by atoms with van der Waals surface area (Å²) < 4.78 is 5.28.